The minimum Gasteiger partial charge on any atom is -0.384 e. The molecule has 4 aromatic rings. The Morgan fingerprint density at radius 3 is 3.00 bits per heavy atom. The lowest BCUT2D eigenvalue weighted by molar-refractivity contribution is 0.508. The van der Waals surface area contributed by atoms with E-state index in [4.69, 9.17) is 10.7 Å². The van der Waals surface area contributed by atoms with Crippen molar-refractivity contribution in [1.29, 1.82) is 0 Å². The number of anilines is 4. The van der Waals surface area contributed by atoms with E-state index >= 15 is 0 Å². The molecule has 0 radical (unpaired) electrons. The van der Waals surface area contributed by atoms with Gasteiger partial charge in [-0.1, -0.05) is 11.3 Å². The van der Waals surface area contributed by atoms with Crippen LogP contribution in [0, 0.1) is 0 Å². The third kappa shape index (κ3) is 3.36. The van der Waals surface area contributed by atoms with Crippen LogP contribution in [0.2, 0.25) is 0 Å². The molecule has 1 atom stereocenters. The van der Waals surface area contributed by atoms with Crippen LogP contribution in [-0.2, 0) is 0 Å². The smallest absolute Gasteiger partial charge is 0.186 e. The molecule has 4 aromatic heterocycles. The molecule has 5 heterocycles. The highest BCUT2D eigenvalue weighted by Crippen LogP contribution is 2.37. The molecule has 0 spiro atoms. The summed E-state index contributed by atoms with van der Waals surface area (Å²) in [6.45, 7) is 1.96. The Labute approximate surface area is 169 Å². The van der Waals surface area contributed by atoms with Gasteiger partial charge in [-0.3, -0.25) is 0 Å². The summed E-state index contributed by atoms with van der Waals surface area (Å²) in [6, 6.07) is 3.63. The van der Waals surface area contributed by atoms with E-state index in [1.54, 1.807) is 34.9 Å². The molecule has 5 rings (SSSR count). The average molecular weight is 411 g/mol. The highest BCUT2D eigenvalue weighted by atomic mass is 32.1. The van der Waals surface area contributed by atoms with Crippen LogP contribution in [0.3, 0.4) is 0 Å². The molecule has 0 amide bonds. The second kappa shape index (κ2) is 7.28. The Bertz CT molecular complexity index is 1090. The Hall–Kier alpha value is -2.85. The van der Waals surface area contributed by atoms with Crippen LogP contribution < -0.4 is 16.0 Å². The molecule has 0 unspecified atom stereocenters. The first-order valence-corrected chi connectivity index (χ1v) is 10.7. The normalized spacial score (nSPS) is 17.1. The molecule has 1 fully saturated rings. The minimum atomic E-state index is 0.413. The average Bonchev–Trinajstić information content (AvgIpc) is 3.39. The van der Waals surface area contributed by atoms with Gasteiger partial charge in [0.2, 0.25) is 0 Å². The molecule has 28 heavy (non-hydrogen) atoms. The van der Waals surface area contributed by atoms with E-state index in [2.05, 4.69) is 35.5 Å². The first kappa shape index (κ1) is 17.3. The Morgan fingerprint density at radius 2 is 2.14 bits per heavy atom. The van der Waals surface area contributed by atoms with Gasteiger partial charge in [-0.05, 0) is 18.9 Å². The van der Waals surface area contributed by atoms with Crippen LogP contribution in [0.5, 0.6) is 0 Å². The van der Waals surface area contributed by atoms with Gasteiger partial charge in [-0.2, -0.15) is 0 Å². The van der Waals surface area contributed by atoms with Crippen molar-refractivity contribution >= 4 is 55.5 Å². The van der Waals surface area contributed by atoms with Gasteiger partial charge in [0.25, 0.3) is 0 Å². The molecule has 0 bridgehead atoms. The quantitative estimate of drug-likeness (QED) is 0.525. The summed E-state index contributed by atoms with van der Waals surface area (Å²) in [7, 11) is 0. The standard InChI is InChI=1S/C18H18N8S2/c19-13-8-14(23-10-22-13)25-16-15-12(3-4-20-16)24-18(28-15)26-6-1-2-11(9-26)17-21-5-7-27-17/h3-5,7-8,10-11H,1-2,6,9H2,(H3,19,20,22,23,25)/t11-/m1/s1. The Morgan fingerprint density at radius 1 is 1.18 bits per heavy atom. The number of nitrogens with one attached hydrogen (secondary N) is 1. The summed E-state index contributed by atoms with van der Waals surface area (Å²) in [4.78, 5) is 24.3. The number of aromatic nitrogens is 5. The van der Waals surface area contributed by atoms with Crippen molar-refractivity contribution in [1.82, 2.24) is 24.9 Å². The van der Waals surface area contributed by atoms with Crippen molar-refractivity contribution in [3.8, 4) is 0 Å². The van der Waals surface area contributed by atoms with E-state index in [9.17, 15) is 0 Å². The van der Waals surface area contributed by atoms with Gasteiger partial charge < -0.3 is 16.0 Å². The Balaban J connectivity index is 1.43. The molecule has 3 N–H and O–H groups in total. The molecular weight excluding hydrogens is 392 g/mol. The molecule has 142 valence electrons. The Kier molecular flexibility index (Phi) is 4.49. The molecule has 0 saturated carbocycles. The maximum absolute atomic E-state index is 5.75. The molecule has 10 heteroatoms. The number of pyridine rings is 1. The van der Waals surface area contributed by atoms with E-state index in [1.807, 2.05) is 12.3 Å². The van der Waals surface area contributed by atoms with Crippen LogP contribution >= 0.6 is 22.7 Å². The number of nitrogen functional groups attached to an aromatic ring is 1. The predicted molar refractivity (Wildman–Crippen MR) is 113 cm³/mol. The lowest BCUT2D eigenvalue weighted by Crippen LogP contribution is -2.34. The summed E-state index contributed by atoms with van der Waals surface area (Å²) in [5.41, 5.74) is 6.67. The number of hydrogen-bond donors (Lipinski definition) is 2. The zero-order chi connectivity index (χ0) is 18.9. The minimum absolute atomic E-state index is 0.413. The van der Waals surface area contributed by atoms with E-state index in [1.165, 1.54) is 17.8 Å². The monoisotopic (exact) mass is 410 g/mol. The summed E-state index contributed by atoms with van der Waals surface area (Å²) in [6.07, 6.45) is 7.40. The third-order valence-corrected chi connectivity index (χ3v) is 6.80. The molecule has 1 aliphatic heterocycles. The fraction of sp³-hybridized carbons (Fsp3) is 0.278. The lowest BCUT2D eigenvalue weighted by atomic mass is 9.99. The second-order valence-corrected chi connectivity index (χ2v) is 8.52. The third-order valence-electron chi connectivity index (χ3n) is 4.72. The second-order valence-electron chi connectivity index (χ2n) is 6.61. The van der Waals surface area contributed by atoms with Gasteiger partial charge in [0.1, 0.15) is 18.0 Å². The highest BCUT2D eigenvalue weighted by molar-refractivity contribution is 7.22. The SMILES string of the molecule is Nc1cc(Nc2nccc3nc(N4CCC[C@@H](c5nccs5)C4)sc23)ncn1. The van der Waals surface area contributed by atoms with Crippen molar-refractivity contribution in [2.75, 3.05) is 29.0 Å². The molecule has 0 aromatic carbocycles. The molecule has 8 nitrogen and oxygen atoms in total. The number of rotatable bonds is 4. The van der Waals surface area contributed by atoms with Crippen LogP contribution in [0.25, 0.3) is 10.2 Å². The maximum Gasteiger partial charge on any atom is 0.186 e. The number of nitrogens with two attached hydrogens (primary N) is 1. The van der Waals surface area contributed by atoms with Gasteiger partial charge in [-0.15, -0.1) is 11.3 Å². The topological polar surface area (TPSA) is 106 Å². The van der Waals surface area contributed by atoms with Crippen LogP contribution in [0.4, 0.5) is 22.6 Å². The van der Waals surface area contributed by atoms with Crippen molar-refractivity contribution in [3.63, 3.8) is 0 Å². The molecule has 1 saturated heterocycles. The first-order valence-electron chi connectivity index (χ1n) is 9.01. The summed E-state index contributed by atoms with van der Waals surface area (Å²) in [5, 5.41) is 7.53. The van der Waals surface area contributed by atoms with Crippen molar-refractivity contribution in [3.05, 3.63) is 41.2 Å². The fourth-order valence-corrected chi connectivity index (χ4v) is 5.23. The molecule has 0 aliphatic carbocycles. The van der Waals surface area contributed by atoms with Crippen molar-refractivity contribution in [2.45, 2.75) is 18.8 Å². The fourth-order valence-electron chi connectivity index (χ4n) is 3.42. The van der Waals surface area contributed by atoms with Crippen LogP contribution in [0.15, 0.2) is 36.2 Å². The van der Waals surface area contributed by atoms with E-state index in [-0.39, 0.29) is 0 Å². The van der Waals surface area contributed by atoms with Gasteiger partial charge >= 0.3 is 0 Å². The largest absolute Gasteiger partial charge is 0.384 e. The van der Waals surface area contributed by atoms with Crippen molar-refractivity contribution < 1.29 is 0 Å². The van der Waals surface area contributed by atoms with Crippen LogP contribution in [0.1, 0.15) is 23.8 Å². The molecular formula is C18H18N8S2. The van der Waals surface area contributed by atoms with Gasteiger partial charge in [-0.25, -0.2) is 24.9 Å². The maximum atomic E-state index is 5.75. The first-order chi connectivity index (χ1) is 13.8. The van der Waals surface area contributed by atoms with Gasteiger partial charge in [0, 0.05) is 42.8 Å². The predicted octanol–water partition coefficient (Wildman–Crippen LogP) is 3.65. The van der Waals surface area contributed by atoms with Crippen molar-refractivity contribution in [2.24, 2.45) is 0 Å². The molecule has 1 aliphatic rings. The van der Waals surface area contributed by atoms with E-state index < -0.39 is 0 Å². The highest BCUT2D eigenvalue weighted by Gasteiger charge is 2.25. The van der Waals surface area contributed by atoms with Crippen LogP contribution in [-0.4, -0.2) is 38.0 Å². The number of hydrogen-bond acceptors (Lipinski definition) is 10. The number of thiazole rings is 2. The van der Waals surface area contributed by atoms with Gasteiger partial charge in [0.15, 0.2) is 10.9 Å². The van der Waals surface area contributed by atoms with E-state index in [0.717, 1.165) is 40.7 Å². The number of fused-ring (bicyclic) bond motifs is 1. The lowest BCUT2D eigenvalue weighted by Gasteiger charge is -2.31. The summed E-state index contributed by atoms with van der Waals surface area (Å²) in [5.74, 6) is 2.23. The summed E-state index contributed by atoms with van der Waals surface area (Å²) < 4.78 is 1.01. The number of piperidine rings is 1. The van der Waals surface area contributed by atoms with Gasteiger partial charge in [0.05, 0.1) is 15.2 Å². The zero-order valence-electron chi connectivity index (χ0n) is 14.9. The summed E-state index contributed by atoms with van der Waals surface area (Å²) >= 11 is 3.39. The zero-order valence-corrected chi connectivity index (χ0v) is 16.6. The number of nitrogens with zero attached hydrogens (tertiary/aromatic N) is 6. The van der Waals surface area contributed by atoms with E-state index in [0.29, 0.717) is 17.6 Å².